The van der Waals surface area contributed by atoms with Crippen LogP contribution in [0, 0.1) is 17.5 Å². The zero-order chi connectivity index (χ0) is 13.6. The third kappa shape index (κ3) is 2.11. The van der Waals surface area contributed by atoms with E-state index in [0.29, 0.717) is 16.1 Å². The van der Waals surface area contributed by atoms with Crippen LogP contribution >= 0.6 is 28.1 Å². The van der Waals surface area contributed by atoms with Crippen molar-refractivity contribution in [3.05, 3.63) is 51.1 Å². The lowest BCUT2D eigenvalue weighted by Crippen LogP contribution is -1.99. The number of hydrogen-bond donors (Lipinski definition) is 1. The van der Waals surface area contributed by atoms with E-state index in [1.807, 2.05) is 13.0 Å². The van der Waals surface area contributed by atoms with Gasteiger partial charge in [-0.1, -0.05) is 6.07 Å². The van der Waals surface area contributed by atoms with Gasteiger partial charge in [0, 0.05) is 10.7 Å². The first-order valence-electron chi connectivity index (χ1n) is 5.59. The van der Waals surface area contributed by atoms with Gasteiger partial charge in [0.15, 0.2) is 10.4 Å². The number of nitrogens with one attached hydrogen (secondary N) is 1. The molecule has 96 valence electrons. The van der Waals surface area contributed by atoms with E-state index in [0.717, 1.165) is 15.6 Å². The predicted molar refractivity (Wildman–Crippen MR) is 78.6 cm³/mol. The van der Waals surface area contributed by atoms with Gasteiger partial charge in [-0.25, -0.2) is 9.37 Å². The summed E-state index contributed by atoms with van der Waals surface area (Å²) in [4.78, 5) is 7.33. The predicted octanol–water partition coefficient (Wildman–Crippen LogP) is 4.29. The molecule has 0 bridgehead atoms. The number of benzene rings is 1. The van der Waals surface area contributed by atoms with Crippen LogP contribution in [0.5, 0.6) is 0 Å². The van der Waals surface area contributed by atoms with Gasteiger partial charge in [-0.2, -0.15) is 0 Å². The molecule has 1 N–H and O–H groups in total. The number of aromatic nitrogens is 3. The standard InChI is InChI=1S/C13H9BrFN3S/c1-7-2-3-9(15)11(4-7)18-12-10(17-13(18)19)5-8(14)6-16-12/h2-6H,1H3,(H,17,19). The van der Waals surface area contributed by atoms with Crippen molar-refractivity contribution in [1.82, 2.24) is 14.5 Å². The molecule has 0 aliphatic heterocycles. The van der Waals surface area contributed by atoms with Crippen molar-refractivity contribution in [2.75, 3.05) is 0 Å². The molecule has 0 aliphatic carbocycles. The summed E-state index contributed by atoms with van der Waals surface area (Å²) in [6.07, 6.45) is 1.66. The van der Waals surface area contributed by atoms with Crippen LogP contribution in [-0.2, 0) is 0 Å². The number of fused-ring (bicyclic) bond motifs is 1. The van der Waals surface area contributed by atoms with Gasteiger partial charge in [0.25, 0.3) is 0 Å². The highest BCUT2D eigenvalue weighted by atomic mass is 79.9. The highest BCUT2D eigenvalue weighted by Crippen LogP contribution is 2.23. The molecule has 6 heteroatoms. The number of aromatic amines is 1. The molecule has 3 aromatic rings. The summed E-state index contributed by atoms with van der Waals surface area (Å²) in [5.41, 5.74) is 2.74. The van der Waals surface area contributed by atoms with Gasteiger partial charge in [0.05, 0.1) is 11.2 Å². The van der Waals surface area contributed by atoms with E-state index >= 15 is 0 Å². The fourth-order valence-corrected chi connectivity index (χ4v) is 2.61. The Hall–Kier alpha value is -1.53. The van der Waals surface area contributed by atoms with Crippen molar-refractivity contribution in [3.63, 3.8) is 0 Å². The Morgan fingerprint density at radius 2 is 2.16 bits per heavy atom. The van der Waals surface area contributed by atoms with Crippen LogP contribution in [0.25, 0.3) is 16.9 Å². The molecule has 0 radical (unpaired) electrons. The van der Waals surface area contributed by atoms with Crippen molar-refractivity contribution in [2.24, 2.45) is 0 Å². The SMILES string of the molecule is Cc1ccc(F)c(-n2c(=S)[nH]c3cc(Br)cnc32)c1. The van der Waals surface area contributed by atoms with E-state index in [9.17, 15) is 4.39 Å². The van der Waals surface area contributed by atoms with Crippen LogP contribution in [0.4, 0.5) is 4.39 Å². The quantitative estimate of drug-likeness (QED) is 0.672. The molecule has 19 heavy (non-hydrogen) atoms. The highest BCUT2D eigenvalue weighted by molar-refractivity contribution is 9.10. The van der Waals surface area contributed by atoms with Crippen molar-refractivity contribution in [1.29, 1.82) is 0 Å². The number of halogens is 2. The molecule has 0 atom stereocenters. The van der Waals surface area contributed by atoms with Gasteiger partial charge in [-0.15, -0.1) is 0 Å². The van der Waals surface area contributed by atoms with Gasteiger partial charge in [-0.05, 0) is 58.8 Å². The minimum atomic E-state index is -0.327. The normalized spacial score (nSPS) is 11.1. The summed E-state index contributed by atoms with van der Waals surface area (Å²) in [7, 11) is 0. The Morgan fingerprint density at radius 3 is 2.95 bits per heavy atom. The zero-order valence-corrected chi connectivity index (χ0v) is 12.3. The third-order valence-electron chi connectivity index (χ3n) is 2.83. The van der Waals surface area contributed by atoms with Crippen LogP contribution in [0.1, 0.15) is 5.56 Å². The molecule has 0 amide bonds. The van der Waals surface area contributed by atoms with E-state index in [1.165, 1.54) is 6.07 Å². The number of imidazole rings is 1. The summed E-state index contributed by atoms with van der Waals surface area (Å²) in [5, 5.41) is 0. The van der Waals surface area contributed by atoms with Gasteiger partial charge >= 0.3 is 0 Å². The Bertz CT molecular complexity index is 838. The minimum Gasteiger partial charge on any atom is -0.329 e. The Balaban J connectivity index is 2.39. The summed E-state index contributed by atoms with van der Waals surface area (Å²) < 4.78 is 16.9. The van der Waals surface area contributed by atoms with Crippen molar-refractivity contribution >= 4 is 39.3 Å². The molecule has 0 saturated heterocycles. The van der Waals surface area contributed by atoms with Crippen LogP contribution < -0.4 is 0 Å². The Morgan fingerprint density at radius 1 is 1.37 bits per heavy atom. The second-order valence-corrected chi connectivity index (χ2v) is 5.55. The fourth-order valence-electron chi connectivity index (χ4n) is 1.99. The summed E-state index contributed by atoms with van der Waals surface area (Å²) in [6, 6.07) is 6.77. The lowest BCUT2D eigenvalue weighted by molar-refractivity contribution is 0.618. The largest absolute Gasteiger partial charge is 0.329 e. The highest BCUT2D eigenvalue weighted by Gasteiger charge is 2.12. The van der Waals surface area contributed by atoms with E-state index in [1.54, 1.807) is 22.9 Å². The van der Waals surface area contributed by atoms with Crippen molar-refractivity contribution in [2.45, 2.75) is 6.92 Å². The van der Waals surface area contributed by atoms with E-state index in [4.69, 9.17) is 12.2 Å². The maximum atomic E-state index is 14.0. The molecule has 3 rings (SSSR count). The van der Waals surface area contributed by atoms with Crippen LogP contribution in [-0.4, -0.2) is 14.5 Å². The molecular formula is C13H9BrFN3S. The maximum absolute atomic E-state index is 14.0. The fraction of sp³-hybridized carbons (Fsp3) is 0.0769. The Kier molecular flexibility index (Phi) is 2.99. The first-order chi connectivity index (χ1) is 9.06. The lowest BCUT2D eigenvalue weighted by Gasteiger charge is -2.06. The molecule has 1 aromatic carbocycles. The second kappa shape index (κ2) is 4.54. The summed E-state index contributed by atoms with van der Waals surface area (Å²) in [5.74, 6) is -0.327. The zero-order valence-electron chi connectivity index (χ0n) is 9.95. The van der Waals surface area contributed by atoms with Gasteiger partial charge < -0.3 is 4.98 Å². The number of aryl methyl sites for hydroxylation is 1. The molecule has 3 nitrogen and oxygen atoms in total. The smallest absolute Gasteiger partial charge is 0.184 e. The molecule has 0 aliphatic rings. The number of rotatable bonds is 1. The summed E-state index contributed by atoms with van der Waals surface area (Å²) in [6.45, 7) is 1.91. The molecule has 2 heterocycles. The lowest BCUT2D eigenvalue weighted by atomic mass is 10.2. The van der Waals surface area contributed by atoms with E-state index in [2.05, 4.69) is 25.9 Å². The van der Waals surface area contributed by atoms with Crippen LogP contribution in [0.2, 0.25) is 0 Å². The number of pyridine rings is 1. The van der Waals surface area contributed by atoms with Gasteiger partial charge in [-0.3, -0.25) is 4.57 Å². The minimum absolute atomic E-state index is 0.327. The number of hydrogen-bond acceptors (Lipinski definition) is 2. The average Bonchev–Trinajstić information content (AvgIpc) is 2.67. The second-order valence-electron chi connectivity index (χ2n) is 4.25. The first kappa shape index (κ1) is 12.5. The molecule has 0 saturated carbocycles. The monoisotopic (exact) mass is 337 g/mol. The van der Waals surface area contributed by atoms with Crippen LogP contribution in [0.3, 0.4) is 0 Å². The third-order valence-corrected chi connectivity index (χ3v) is 3.55. The van der Waals surface area contributed by atoms with Gasteiger partial charge in [0.1, 0.15) is 5.82 Å². The molecule has 0 spiro atoms. The maximum Gasteiger partial charge on any atom is 0.184 e. The average molecular weight is 338 g/mol. The Labute approximate surface area is 122 Å². The molecular weight excluding hydrogens is 329 g/mol. The van der Waals surface area contributed by atoms with Crippen molar-refractivity contribution < 1.29 is 4.39 Å². The number of H-pyrrole nitrogens is 1. The molecule has 2 aromatic heterocycles. The summed E-state index contributed by atoms with van der Waals surface area (Å²) >= 11 is 8.62. The molecule has 0 fully saturated rings. The van der Waals surface area contributed by atoms with Gasteiger partial charge in [0.2, 0.25) is 0 Å². The van der Waals surface area contributed by atoms with Crippen molar-refractivity contribution in [3.8, 4) is 5.69 Å². The van der Waals surface area contributed by atoms with E-state index in [-0.39, 0.29) is 5.82 Å². The molecule has 0 unspecified atom stereocenters. The first-order valence-corrected chi connectivity index (χ1v) is 6.79. The topological polar surface area (TPSA) is 33.6 Å². The number of nitrogens with zero attached hydrogens (tertiary/aromatic N) is 2. The van der Waals surface area contributed by atoms with E-state index < -0.39 is 0 Å². The van der Waals surface area contributed by atoms with Crippen LogP contribution in [0.15, 0.2) is 34.9 Å².